The first kappa shape index (κ1) is 18.9. The molecule has 4 nitrogen and oxygen atoms in total. The standard InChI is InChI=1S/C21H24ClNO3/c1-25-14-15-26-21(17-9-11-18(22)12-10-17)20(16-6-3-2-4-7-16)23-13-5-8-19(23)24/h2-4,6-7,9-12,20-21H,5,8,13-15H2,1H3/t20-,21+/m0/s1. The maximum absolute atomic E-state index is 12.5. The van der Waals surface area contributed by atoms with E-state index in [-0.39, 0.29) is 18.1 Å². The minimum atomic E-state index is -0.285. The molecule has 1 saturated heterocycles. The van der Waals surface area contributed by atoms with Crippen LogP contribution in [-0.2, 0) is 14.3 Å². The normalized spacial score (nSPS) is 16.7. The molecule has 138 valence electrons. The van der Waals surface area contributed by atoms with Gasteiger partial charge in [-0.15, -0.1) is 0 Å². The Morgan fingerprint density at radius 2 is 1.77 bits per heavy atom. The van der Waals surface area contributed by atoms with Crippen LogP contribution in [0.25, 0.3) is 0 Å². The number of halogens is 1. The van der Waals surface area contributed by atoms with Gasteiger partial charge in [-0.2, -0.15) is 0 Å². The molecule has 26 heavy (non-hydrogen) atoms. The Morgan fingerprint density at radius 3 is 2.38 bits per heavy atom. The molecule has 2 atom stereocenters. The first-order valence-corrected chi connectivity index (χ1v) is 9.29. The van der Waals surface area contributed by atoms with Crippen LogP contribution in [0.1, 0.15) is 36.1 Å². The van der Waals surface area contributed by atoms with Crippen LogP contribution in [-0.4, -0.2) is 37.7 Å². The SMILES string of the molecule is COCCO[C@H](c1ccc(Cl)cc1)[C@H](c1ccccc1)N1CCCC1=O. The Labute approximate surface area is 159 Å². The van der Waals surface area contributed by atoms with Gasteiger partial charge in [-0.3, -0.25) is 4.79 Å². The van der Waals surface area contributed by atoms with E-state index < -0.39 is 0 Å². The van der Waals surface area contributed by atoms with Gasteiger partial charge in [0.15, 0.2) is 0 Å². The number of hydrogen-bond donors (Lipinski definition) is 0. The van der Waals surface area contributed by atoms with Crippen LogP contribution in [0.2, 0.25) is 5.02 Å². The molecule has 0 unspecified atom stereocenters. The van der Waals surface area contributed by atoms with Crippen LogP contribution in [0.3, 0.4) is 0 Å². The van der Waals surface area contributed by atoms with Crippen molar-refractivity contribution < 1.29 is 14.3 Å². The number of carbonyl (C=O) groups is 1. The lowest BCUT2D eigenvalue weighted by Gasteiger charge is -2.35. The number of benzene rings is 2. The molecule has 2 aromatic rings. The molecule has 3 rings (SSSR count). The topological polar surface area (TPSA) is 38.8 Å². The molecule has 0 saturated carbocycles. The first-order chi connectivity index (χ1) is 12.7. The molecule has 0 aromatic heterocycles. The second kappa shape index (κ2) is 9.17. The van der Waals surface area contributed by atoms with E-state index in [2.05, 4.69) is 12.1 Å². The van der Waals surface area contributed by atoms with Gasteiger partial charge in [-0.05, 0) is 29.7 Å². The Hall–Kier alpha value is -1.88. The highest BCUT2D eigenvalue weighted by molar-refractivity contribution is 6.30. The third-order valence-corrected chi connectivity index (χ3v) is 4.91. The smallest absolute Gasteiger partial charge is 0.223 e. The first-order valence-electron chi connectivity index (χ1n) is 8.91. The van der Waals surface area contributed by atoms with Gasteiger partial charge in [-0.1, -0.05) is 54.1 Å². The molecule has 1 amide bonds. The highest BCUT2D eigenvalue weighted by Gasteiger charge is 2.36. The number of rotatable bonds is 8. The van der Waals surface area contributed by atoms with Crippen molar-refractivity contribution in [3.63, 3.8) is 0 Å². The molecular weight excluding hydrogens is 350 g/mol. The summed E-state index contributed by atoms with van der Waals surface area (Å²) in [6.45, 7) is 1.70. The summed E-state index contributed by atoms with van der Waals surface area (Å²) in [5, 5.41) is 0.679. The van der Waals surface area contributed by atoms with Crippen LogP contribution < -0.4 is 0 Å². The zero-order valence-electron chi connectivity index (χ0n) is 14.9. The average Bonchev–Trinajstić information content (AvgIpc) is 3.08. The van der Waals surface area contributed by atoms with Crippen LogP contribution in [0.5, 0.6) is 0 Å². The molecule has 0 bridgehead atoms. The van der Waals surface area contributed by atoms with Crippen LogP contribution >= 0.6 is 11.6 Å². The van der Waals surface area contributed by atoms with Gasteiger partial charge in [0.2, 0.25) is 5.91 Å². The zero-order valence-corrected chi connectivity index (χ0v) is 15.7. The van der Waals surface area contributed by atoms with Crippen molar-refractivity contribution in [1.82, 2.24) is 4.90 Å². The van der Waals surface area contributed by atoms with Crippen LogP contribution in [0.15, 0.2) is 54.6 Å². The Kier molecular flexibility index (Phi) is 6.67. The minimum absolute atomic E-state index is 0.174. The predicted octanol–water partition coefficient (Wildman–Crippen LogP) is 4.41. The minimum Gasteiger partial charge on any atom is -0.382 e. The van der Waals surface area contributed by atoms with Gasteiger partial charge < -0.3 is 14.4 Å². The molecule has 0 aliphatic carbocycles. The number of hydrogen-bond acceptors (Lipinski definition) is 3. The molecule has 0 spiro atoms. The van der Waals surface area contributed by atoms with Gasteiger partial charge in [0.05, 0.1) is 19.3 Å². The fourth-order valence-electron chi connectivity index (χ4n) is 3.41. The fourth-order valence-corrected chi connectivity index (χ4v) is 3.54. The molecule has 1 aliphatic rings. The van der Waals surface area contributed by atoms with Crippen molar-refractivity contribution in [2.75, 3.05) is 26.9 Å². The second-order valence-corrected chi connectivity index (χ2v) is 6.82. The number of nitrogens with zero attached hydrogens (tertiary/aromatic N) is 1. The molecular formula is C21H24ClNO3. The maximum atomic E-state index is 12.5. The molecule has 2 aromatic carbocycles. The Morgan fingerprint density at radius 1 is 1.04 bits per heavy atom. The van der Waals surface area contributed by atoms with E-state index in [1.807, 2.05) is 47.4 Å². The summed E-state index contributed by atoms with van der Waals surface area (Å²) in [7, 11) is 1.65. The molecule has 1 fully saturated rings. The van der Waals surface area contributed by atoms with Gasteiger partial charge in [0.1, 0.15) is 6.10 Å². The maximum Gasteiger partial charge on any atom is 0.223 e. The second-order valence-electron chi connectivity index (χ2n) is 6.38. The van der Waals surface area contributed by atoms with Crippen LogP contribution in [0, 0.1) is 0 Å². The summed E-state index contributed by atoms with van der Waals surface area (Å²) in [6, 6.07) is 17.6. The van der Waals surface area contributed by atoms with Crippen molar-refractivity contribution in [3.05, 3.63) is 70.7 Å². The van der Waals surface area contributed by atoms with E-state index in [1.54, 1.807) is 7.11 Å². The van der Waals surface area contributed by atoms with Crippen LogP contribution in [0.4, 0.5) is 0 Å². The van der Waals surface area contributed by atoms with E-state index in [9.17, 15) is 4.79 Å². The van der Waals surface area contributed by atoms with Gasteiger partial charge in [0.25, 0.3) is 0 Å². The third-order valence-electron chi connectivity index (χ3n) is 4.66. The number of likely N-dealkylation sites (tertiary alicyclic amines) is 1. The van der Waals surface area contributed by atoms with Gasteiger partial charge >= 0.3 is 0 Å². The zero-order chi connectivity index (χ0) is 18.4. The fraction of sp³-hybridized carbons (Fsp3) is 0.381. The van der Waals surface area contributed by atoms with E-state index in [4.69, 9.17) is 21.1 Å². The lowest BCUT2D eigenvalue weighted by molar-refractivity contribution is -0.134. The molecule has 1 heterocycles. The summed E-state index contributed by atoms with van der Waals surface area (Å²) in [5.41, 5.74) is 2.07. The summed E-state index contributed by atoms with van der Waals surface area (Å²) in [6.07, 6.45) is 1.19. The monoisotopic (exact) mass is 373 g/mol. The van der Waals surface area contributed by atoms with E-state index in [0.717, 1.165) is 24.1 Å². The highest BCUT2D eigenvalue weighted by atomic mass is 35.5. The number of ether oxygens (including phenoxy) is 2. The van der Waals surface area contributed by atoms with E-state index in [0.29, 0.717) is 24.7 Å². The number of methoxy groups -OCH3 is 1. The van der Waals surface area contributed by atoms with Crippen molar-refractivity contribution in [2.24, 2.45) is 0 Å². The molecule has 0 radical (unpaired) electrons. The van der Waals surface area contributed by atoms with E-state index in [1.165, 1.54) is 0 Å². The summed E-state index contributed by atoms with van der Waals surface area (Å²) >= 11 is 6.06. The third kappa shape index (κ3) is 4.44. The summed E-state index contributed by atoms with van der Waals surface area (Å²) < 4.78 is 11.4. The van der Waals surface area contributed by atoms with Crippen molar-refractivity contribution in [1.29, 1.82) is 0 Å². The molecule has 0 N–H and O–H groups in total. The lowest BCUT2D eigenvalue weighted by atomic mass is 9.94. The Bertz CT molecular complexity index is 705. The number of carbonyl (C=O) groups excluding carboxylic acids is 1. The quantitative estimate of drug-likeness (QED) is 0.643. The van der Waals surface area contributed by atoms with E-state index >= 15 is 0 Å². The van der Waals surface area contributed by atoms with Crippen molar-refractivity contribution in [2.45, 2.75) is 25.0 Å². The summed E-state index contributed by atoms with van der Waals surface area (Å²) in [5.74, 6) is 0.174. The van der Waals surface area contributed by atoms with Crippen molar-refractivity contribution in [3.8, 4) is 0 Å². The van der Waals surface area contributed by atoms with Gasteiger partial charge in [-0.25, -0.2) is 0 Å². The number of amides is 1. The van der Waals surface area contributed by atoms with Crippen molar-refractivity contribution >= 4 is 17.5 Å². The largest absolute Gasteiger partial charge is 0.382 e. The summed E-state index contributed by atoms with van der Waals surface area (Å²) in [4.78, 5) is 14.5. The Balaban J connectivity index is 1.99. The molecule has 5 heteroatoms. The highest BCUT2D eigenvalue weighted by Crippen LogP contribution is 2.39. The average molecular weight is 374 g/mol. The predicted molar refractivity (Wildman–Crippen MR) is 102 cm³/mol. The van der Waals surface area contributed by atoms with Gasteiger partial charge in [0, 0.05) is 25.1 Å². The molecule has 1 aliphatic heterocycles. The lowest BCUT2D eigenvalue weighted by Crippen LogP contribution is -2.35.